The van der Waals surface area contributed by atoms with E-state index in [-0.39, 0.29) is 24.4 Å². The van der Waals surface area contributed by atoms with Crippen LogP contribution in [0.3, 0.4) is 0 Å². The Labute approximate surface area is 114 Å². The predicted octanol–water partition coefficient (Wildman–Crippen LogP) is 2.20. The molecular weight excluding hydrogens is 252 g/mol. The highest BCUT2D eigenvalue weighted by molar-refractivity contribution is 5.95. The SMILES string of the molecule is CCOc1cccc(NC(=O)C2CCCN2)c1.Cl. The molecule has 2 N–H and O–H groups in total. The van der Waals surface area contributed by atoms with Crippen LogP contribution in [0.25, 0.3) is 0 Å². The van der Waals surface area contributed by atoms with Gasteiger partial charge in [-0.05, 0) is 38.4 Å². The molecule has 0 bridgehead atoms. The molecule has 0 spiro atoms. The molecule has 5 heteroatoms. The van der Waals surface area contributed by atoms with Crippen LogP contribution in [-0.2, 0) is 4.79 Å². The summed E-state index contributed by atoms with van der Waals surface area (Å²) in [4.78, 5) is 11.9. The topological polar surface area (TPSA) is 50.4 Å². The van der Waals surface area contributed by atoms with Crippen molar-refractivity contribution >= 4 is 24.0 Å². The number of anilines is 1. The standard InChI is InChI=1S/C13H18N2O2.ClH/c1-2-17-11-6-3-5-10(9-11)15-13(16)12-7-4-8-14-12;/h3,5-6,9,12,14H,2,4,7-8H2,1H3,(H,15,16);1H. The highest BCUT2D eigenvalue weighted by atomic mass is 35.5. The van der Waals surface area contributed by atoms with Crippen molar-refractivity contribution < 1.29 is 9.53 Å². The van der Waals surface area contributed by atoms with E-state index in [9.17, 15) is 4.79 Å². The molecule has 1 aliphatic rings. The van der Waals surface area contributed by atoms with Crippen molar-refractivity contribution in [2.75, 3.05) is 18.5 Å². The van der Waals surface area contributed by atoms with Crippen molar-refractivity contribution in [1.29, 1.82) is 0 Å². The Hall–Kier alpha value is -1.26. The number of nitrogens with one attached hydrogen (secondary N) is 2. The van der Waals surface area contributed by atoms with Crippen molar-refractivity contribution in [1.82, 2.24) is 5.32 Å². The molecule has 1 saturated heterocycles. The molecule has 18 heavy (non-hydrogen) atoms. The van der Waals surface area contributed by atoms with Crippen molar-refractivity contribution in [2.24, 2.45) is 0 Å². The molecule has 1 fully saturated rings. The van der Waals surface area contributed by atoms with Gasteiger partial charge in [0.2, 0.25) is 5.91 Å². The number of hydrogen-bond acceptors (Lipinski definition) is 3. The molecule has 1 amide bonds. The lowest BCUT2D eigenvalue weighted by Gasteiger charge is -2.12. The normalized spacial score (nSPS) is 17.9. The zero-order valence-corrected chi connectivity index (χ0v) is 11.3. The molecule has 1 atom stereocenters. The number of amides is 1. The van der Waals surface area contributed by atoms with Crippen LogP contribution in [0.15, 0.2) is 24.3 Å². The number of carbonyl (C=O) groups excluding carboxylic acids is 1. The summed E-state index contributed by atoms with van der Waals surface area (Å²) in [5, 5.41) is 6.07. The van der Waals surface area contributed by atoms with Gasteiger partial charge in [-0.1, -0.05) is 6.07 Å². The van der Waals surface area contributed by atoms with Crippen molar-refractivity contribution in [2.45, 2.75) is 25.8 Å². The van der Waals surface area contributed by atoms with Gasteiger partial charge < -0.3 is 15.4 Å². The molecule has 1 aromatic carbocycles. The largest absolute Gasteiger partial charge is 0.494 e. The first-order valence-electron chi connectivity index (χ1n) is 6.06. The van der Waals surface area contributed by atoms with Gasteiger partial charge >= 0.3 is 0 Å². The maximum atomic E-state index is 11.9. The van der Waals surface area contributed by atoms with E-state index in [0.717, 1.165) is 30.8 Å². The first kappa shape index (κ1) is 14.8. The molecule has 1 aliphatic heterocycles. The minimum atomic E-state index is -0.0502. The fraction of sp³-hybridized carbons (Fsp3) is 0.462. The maximum Gasteiger partial charge on any atom is 0.241 e. The van der Waals surface area contributed by atoms with Gasteiger partial charge in [0, 0.05) is 11.8 Å². The first-order chi connectivity index (χ1) is 8.29. The summed E-state index contributed by atoms with van der Waals surface area (Å²) >= 11 is 0. The van der Waals surface area contributed by atoms with E-state index in [0.29, 0.717) is 6.61 Å². The molecule has 1 unspecified atom stereocenters. The molecule has 0 aromatic heterocycles. The molecule has 2 rings (SSSR count). The third-order valence-electron chi connectivity index (χ3n) is 2.79. The van der Waals surface area contributed by atoms with E-state index in [1.807, 2.05) is 31.2 Å². The van der Waals surface area contributed by atoms with E-state index in [4.69, 9.17) is 4.74 Å². The summed E-state index contributed by atoms with van der Waals surface area (Å²) in [5.41, 5.74) is 0.787. The van der Waals surface area contributed by atoms with Gasteiger partial charge in [0.15, 0.2) is 0 Å². The molecule has 1 heterocycles. The highest BCUT2D eigenvalue weighted by Gasteiger charge is 2.21. The van der Waals surface area contributed by atoms with E-state index in [1.165, 1.54) is 0 Å². The molecule has 1 aromatic rings. The second-order valence-corrected chi connectivity index (χ2v) is 4.10. The second kappa shape index (κ2) is 7.24. The van der Waals surface area contributed by atoms with Gasteiger partial charge in [-0.25, -0.2) is 0 Å². The zero-order chi connectivity index (χ0) is 12.1. The summed E-state index contributed by atoms with van der Waals surface area (Å²) in [5.74, 6) is 0.820. The maximum absolute atomic E-state index is 11.9. The minimum Gasteiger partial charge on any atom is -0.494 e. The Balaban J connectivity index is 0.00000162. The fourth-order valence-corrected chi connectivity index (χ4v) is 1.97. The van der Waals surface area contributed by atoms with Crippen molar-refractivity contribution in [3.63, 3.8) is 0 Å². The van der Waals surface area contributed by atoms with Crippen molar-refractivity contribution in [3.8, 4) is 5.75 Å². The Morgan fingerprint density at radius 3 is 3.06 bits per heavy atom. The second-order valence-electron chi connectivity index (χ2n) is 4.10. The molecule has 100 valence electrons. The number of rotatable bonds is 4. The first-order valence-corrected chi connectivity index (χ1v) is 6.06. The quantitative estimate of drug-likeness (QED) is 0.882. The van der Waals surface area contributed by atoms with E-state index >= 15 is 0 Å². The summed E-state index contributed by atoms with van der Waals surface area (Å²) in [7, 11) is 0. The highest BCUT2D eigenvalue weighted by Crippen LogP contribution is 2.18. The number of carbonyl (C=O) groups is 1. The number of ether oxygens (including phenoxy) is 1. The summed E-state index contributed by atoms with van der Waals surface area (Å²) in [6, 6.07) is 7.42. The van der Waals surface area contributed by atoms with Crippen LogP contribution < -0.4 is 15.4 Å². The van der Waals surface area contributed by atoms with Gasteiger partial charge in [-0.15, -0.1) is 12.4 Å². The number of halogens is 1. The molecular formula is C13H19ClN2O2. The fourth-order valence-electron chi connectivity index (χ4n) is 1.97. The number of hydrogen-bond donors (Lipinski definition) is 2. The zero-order valence-electron chi connectivity index (χ0n) is 10.4. The summed E-state index contributed by atoms with van der Waals surface area (Å²) < 4.78 is 5.39. The Morgan fingerprint density at radius 1 is 1.56 bits per heavy atom. The average Bonchev–Trinajstić information content (AvgIpc) is 2.83. The van der Waals surface area contributed by atoms with Crippen LogP contribution in [0, 0.1) is 0 Å². The summed E-state index contributed by atoms with van der Waals surface area (Å²) in [6.45, 7) is 3.49. The Morgan fingerprint density at radius 2 is 2.39 bits per heavy atom. The van der Waals surface area contributed by atoms with Crippen LogP contribution >= 0.6 is 12.4 Å². The van der Waals surface area contributed by atoms with E-state index in [1.54, 1.807) is 0 Å². The van der Waals surface area contributed by atoms with Gasteiger partial charge in [-0.2, -0.15) is 0 Å². The van der Waals surface area contributed by atoms with Crippen LogP contribution in [0.4, 0.5) is 5.69 Å². The van der Waals surface area contributed by atoms with E-state index in [2.05, 4.69) is 10.6 Å². The van der Waals surface area contributed by atoms with Crippen LogP contribution in [0.1, 0.15) is 19.8 Å². The van der Waals surface area contributed by atoms with Gasteiger partial charge in [-0.3, -0.25) is 4.79 Å². The summed E-state index contributed by atoms with van der Waals surface area (Å²) in [6.07, 6.45) is 1.98. The smallest absolute Gasteiger partial charge is 0.241 e. The lowest BCUT2D eigenvalue weighted by Crippen LogP contribution is -2.35. The minimum absolute atomic E-state index is 0. The van der Waals surface area contributed by atoms with Crippen LogP contribution in [-0.4, -0.2) is 25.1 Å². The van der Waals surface area contributed by atoms with Crippen LogP contribution in [0.5, 0.6) is 5.75 Å². The lowest BCUT2D eigenvalue weighted by molar-refractivity contribution is -0.117. The molecule has 0 aliphatic carbocycles. The van der Waals surface area contributed by atoms with Crippen molar-refractivity contribution in [3.05, 3.63) is 24.3 Å². The lowest BCUT2D eigenvalue weighted by atomic mass is 10.2. The van der Waals surface area contributed by atoms with Crippen LogP contribution in [0.2, 0.25) is 0 Å². The molecule has 0 saturated carbocycles. The number of benzene rings is 1. The molecule has 4 nitrogen and oxygen atoms in total. The third-order valence-corrected chi connectivity index (χ3v) is 2.79. The average molecular weight is 271 g/mol. The Bertz CT molecular complexity index is 392. The van der Waals surface area contributed by atoms with Gasteiger partial charge in [0.25, 0.3) is 0 Å². The molecule has 0 radical (unpaired) electrons. The van der Waals surface area contributed by atoms with Gasteiger partial charge in [0.1, 0.15) is 5.75 Å². The Kier molecular flexibility index (Phi) is 5.95. The monoisotopic (exact) mass is 270 g/mol. The van der Waals surface area contributed by atoms with Gasteiger partial charge in [0.05, 0.1) is 12.6 Å². The van der Waals surface area contributed by atoms with E-state index < -0.39 is 0 Å². The predicted molar refractivity (Wildman–Crippen MR) is 74.5 cm³/mol. The third kappa shape index (κ3) is 3.89.